The first-order valence-corrected chi connectivity index (χ1v) is 3.68. The number of hydrogen-bond acceptors (Lipinski definition) is 3. The Morgan fingerprint density at radius 2 is 2.07 bits per heavy atom. The van der Waals surface area contributed by atoms with Gasteiger partial charge >= 0.3 is 11.9 Å². The van der Waals surface area contributed by atoms with Gasteiger partial charge in [0.25, 0.3) is 0 Å². The molecular formula is C9H7FO4. The Morgan fingerprint density at radius 3 is 2.57 bits per heavy atom. The zero-order valence-electron chi connectivity index (χ0n) is 7.28. The summed E-state index contributed by atoms with van der Waals surface area (Å²) in [5.41, 5.74) is -0.959. The maximum atomic E-state index is 13.0. The van der Waals surface area contributed by atoms with Gasteiger partial charge in [-0.15, -0.1) is 0 Å². The first kappa shape index (κ1) is 10.2. The van der Waals surface area contributed by atoms with E-state index < -0.39 is 23.3 Å². The van der Waals surface area contributed by atoms with Crippen LogP contribution in [-0.2, 0) is 4.74 Å². The SMILES string of the molecule is COC(=O)c1cccc(F)c1C(=O)O. The summed E-state index contributed by atoms with van der Waals surface area (Å²) in [7, 11) is 1.10. The van der Waals surface area contributed by atoms with Gasteiger partial charge in [-0.25, -0.2) is 14.0 Å². The number of carboxylic acid groups (broad SMARTS) is 1. The molecule has 0 unspecified atom stereocenters. The Balaban J connectivity index is 3.35. The first-order valence-electron chi connectivity index (χ1n) is 3.68. The number of ether oxygens (including phenoxy) is 1. The Hall–Kier alpha value is -1.91. The molecule has 1 aromatic carbocycles. The van der Waals surface area contributed by atoms with E-state index >= 15 is 0 Å². The van der Waals surface area contributed by atoms with Gasteiger partial charge in [-0.2, -0.15) is 0 Å². The summed E-state index contributed by atoms with van der Waals surface area (Å²) in [6.45, 7) is 0. The van der Waals surface area contributed by atoms with Crippen LogP contribution in [0.4, 0.5) is 4.39 Å². The molecule has 0 bridgehead atoms. The maximum Gasteiger partial charge on any atom is 0.339 e. The van der Waals surface area contributed by atoms with Crippen LogP contribution in [0, 0.1) is 5.82 Å². The molecule has 0 saturated carbocycles. The highest BCUT2D eigenvalue weighted by molar-refractivity contribution is 6.02. The fourth-order valence-electron chi connectivity index (χ4n) is 1.02. The number of hydrogen-bond donors (Lipinski definition) is 1. The predicted molar refractivity (Wildman–Crippen MR) is 44.7 cm³/mol. The van der Waals surface area contributed by atoms with Crippen LogP contribution in [-0.4, -0.2) is 24.2 Å². The summed E-state index contributed by atoms with van der Waals surface area (Å²) in [5, 5.41) is 8.64. The van der Waals surface area contributed by atoms with E-state index in [1.165, 1.54) is 12.1 Å². The number of carbonyl (C=O) groups is 2. The van der Waals surface area contributed by atoms with Crippen molar-refractivity contribution in [2.24, 2.45) is 0 Å². The van der Waals surface area contributed by atoms with E-state index in [0.29, 0.717) is 0 Å². The fourth-order valence-corrected chi connectivity index (χ4v) is 1.02. The van der Waals surface area contributed by atoms with Gasteiger partial charge in [0.15, 0.2) is 0 Å². The maximum absolute atomic E-state index is 13.0. The van der Waals surface area contributed by atoms with Crippen molar-refractivity contribution in [1.82, 2.24) is 0 Å². The van der Waals surface area contributed by atoms with E-state index in [2.05, 4.69) is 4.74 Å². The lowest BCUT2D eigenvalue weighted by atomic mass is 10.1. The predicted octanol–water partition coefficient (Wildman–Crippen LogP) is 1.31. The van der Waals surface area contributed by atoms with Gasteiger partial charge in [-0.05, 0) is 12.1 Å². The van der Waals surface area contributed by atoms with Crippen LogP contribution in [0.15, 0.2) is 18.2 Å². The van der Waals surface area contributed by atoms with Crippen LogP contribution in [0.3, 0.4) is 0 Å². The highest BCUT2D eigenvalue weighted by Crippen LogP contribution is 2.14. The Morgan fingerprint density at radius 1 is 1.43 bits per heavy atom. The van der Waals surface area contributed by atoms with Crippen LogP contribution in [0.5, 0.6) is 0 Å². The molecule has 0 spiro atoms. The number of aromatic carboxylic acids is 1. The Bertz CT molecular complexity index is 386. The average Bonchev–Trinajstić information content (AvgIpc) is 2.15. The number of carbonyl (C=O) groups excluding carboxylic acids is 1. The van der Waals surface area contributed by atoms with E-state index in [1.54, 1.807) is 0 Å². The highest BCUT2D eigenvalue weighted by Gasteiger charge is 2.20. The van der Waals surface area contributed by atoms with Crippen LogP contribution in [0.25, 0.3) is 0 Å². The molecule has 0 aromatic heterocycles. The monoisotopic (exact) mass is 198 g/mol. The third-order valence-electron chi connectivity index (χ3n) is 1.63. The van der Waals surface area contributed by atoms with Gasteiger partial charge in [0.2, 0.25) is 0 Å². The number of esters is 1. The van der Waals surface area contributed by atoms with Crippen LogP contribution >= 0.6 is 0 Å². The smallest absolute Gasteiger partial charge is 0.339 e. The number of halogens is 1. The van der Waals surface area contributed by atoms with Gasteiger partial charge in [-0.3, -0.25) is 0 Å². The van der Waals surface area contributed by atoms with Gasteiger partial charge in [0.1, 0.15) is 11.4 Å². The molecule has 0 saturated heterocycles. The lowest BCUT2D eigenvalue weighted by molar-refractivity contribution is 0.0580. The van der Waals surface area contributed by atoms with Crippen molar-refractivity contribution in [3.05, 3.63) is 35.1 Å². The van der Waals surface area contributed by atoms with Crippen molar-refractivity contribution in [3.8, 4) is 0 Å². The third kappa shape index (κ3) is 1.71. The van der Waals surface area contributed by atoms with Crippen molar-refractivity contribution in [1.29, 1.82) is 0 Å². The quantitative estimate of drug-likeness (QED) is 0.727. The molecule has 0 heterocycles. The molecule has 5 heteroatoms. The summed E-state index contributed by atoms with van der Waals surface area (Å²) >= 11 is 0. The molecule has 74 valence electrons. The van der Waals surface area contributed by atoms with Gasteiger partial charge in [0.05, 0.1) is 12.7 Å². The van der Waals surface area contributed by atoms with E-state index in [0.717, 1.165) is 13.2 Å². The molecular weight excluding hydrogens is 191 g/mol. The molecule has 0 aliphatic carbocycles. The third-order valence-corrected chi connectivity index (χ3v) is 1.63. The van der Waals surface area contributed by atoms with Crippen LogP contribution in [0.2, 0.25) is 0 Å². The summed E-state index contributed by atoms with van der Waals surface area (Å²) in [4.78, 5) is 21.7. The molecule has 0 aliphatic rings. The topological polar surface area (TPSA) is 63.6 Å². The van der Waals surface area contributed by atoms with Gasteiger partial charge < -0.3 is 9.84 Å². The normalized spacial score (nSPS) is 9.57. The second kappa shape index (κ2) is 3.87. The standard InChI is InChI=1S/C9H7FO4/c1-14-9(13)5-3-2-4-6(10)7(5)8(11)12/h2-4H,1H3,(H,11,12). The molecule has 4 nitrogen and oxygen atoms in total. The number of carboxylic acids is 1. The summed E-state index contributed by atoms with van der Waals surface area (Å²) in [6.07, 6.45) is 0. The largest absolute Gasteiger partial charge is 0.478 e. The molecule has 1 aromatic rings. The van der Waals surface area contributed by atoms with Crippen molar-refractivity contribution in [2.45, 2.75) is 0 Å². The van der Waals surface area contributed by atoms with Crippen molar-refractivity contribution in [3.63, 3.8) is 0 Å². The average molecular weight is 198 g/mol. The zero-order chi connectivity index (χ0) is 10.7. The summed E-state index contributed by atoms with van der Waals surface area (Å²) < 4.78 is 17.3. The van der Waals surface area contributed by atoms with Gasteiger partial charge in [-0.1, -0.05) is 6.07 Å². The van der Waals surface area contributed by atoms with E-state index in [4.69, 9.17) is 5.11 Å². The van der Waals surface area contributed by atoms with Crippen LogP contribution in [0.1, 0.15) is 20.7 Å². The molecule has 1 N–H and O–H groups in total. The van der Waals surface area contributed by atoms with Crippen molar-refractivity contribution in [2.75, 3.05) is 7.11 Å². The van der Waals surface area contributed by atoms with Crippen molar-refractivity contribution < 1.29 is 23.8 Å². The molecule has 0 atom stereocenters. The van der Waals surface area contributed by atoms with Crippen LogP contribution < -0.4 is 0 Å². The first-order chi connectivity index (χ1) is 6.57. The number of rotatable bonds is 2. The molecule has 1 rings (SSSR count). The summed E-state index contributed by atoms with van der Waals surface area (Å²) in [5.74, 6) is -3.33. The Kier molecular flexibility index (Phi) is 2.81. The lowest BCUT2D eigenvalue weighted by Gasteiger charge is -2.03. The van der Waals surface area contributed by atoms with E-state index in [1.807, 2.05) is 0 Å². The van der Waals surface area contributed by atoms with Crippen molar-refractivity contribution >= 4 is 11.9 Å². The van der Waals surface area contributed by atoms with E-state index in [9.17, 15) is 14.0 Å². The minimum Gasteiger partial charge on any atom is -0.478 e. The molecule has 14 heavy (non-hydrogen) atoms. The minimum atomic E-state index is -1.50. The fraction of sp³-hybridized carbons (Fsp3) is 0.111. The highest BCUT2D eigenvalue weighted by atomic mass is 19.1. The van der Waals surface area contributed by atoms with Gasteiger partial charge in [0, 0.05) is 0 Å². The molecule has 0 amide bonds. The second-order valence-electron chi connectivity index (χ2n) is 2.46. The zero-order valence-corrected chi connectivity index (χ0v) is 7.28. The number of methoxy groups -OCH3 is 1. The molecule has 0 radical (unpaired) electrons. The second-order valence-corrected chi connectivity index (χ2v) is 2.46. The molecule has 0 aliphatic heterocycles. The number of benzene rings is 1. The minimum absolute atomic E-state index is 0.292. The summed E-state index contributed by atoms with van der Waals surface area (Å²) in [6, 6.07) is 3.41. The molecule has 0 fully saturated rings. The van der Waals surface area contributed by atoms with E-state index in [-0.39, 0.29) is 5.56 Å². The Labute approximate surface area is 78.9 Å². The lowest BCUT2D eigenvalue weighted by Crippen LogP contribution is -2.12.